The zero-order valence-corrected chi connectivity index (χ0v) is 8.78. The third kappa shape index (κ3) is 11.3. The monoisotopic (exact) mass is 128 g/mol. The minimum atomic E-state index is 0. The summed E-state index contributed by atoms with van der Waals surface area (Å²) in [7, 11) is 0. The Bertz CT molecular complexity index is 42.2. The van der Waals surface area contributed by atoms with E-state index in [0.29, 0.717) is 0 Å². The molecule has 7 heavy (non-hydrogen) atoms. The van der Waals surface area contributed by atoms with Gasteiger partial charge in [-0.3, -0.25) is 0 Å². The van der Waals surface area contributed by atoms with Crippen LogP contribution in [-0.4, -0.2) is 11.7 Å². The van der Waals surface area contributed by atoms with Crippen molar-refractivity contribution in [1.29, 1.82) is 0 Å². The molecule has 0 amide bonds. The average Bonchev–Trinajstić information content (AvgIpc) is 1.35. The van der Waals surface area contributed by atoms with Gasteiger partial charge in [0.25, 0.3) is 0 Å². The van der Waals surface area contributed by atoms with Crippen molar-refractivity contribution in [3.63, 3.8) is 0 Å². The molecule has 0 atom stereocenters. The van der Waals surface area contributed by atoms with Crippen molar-refractivity contribution in [2.75, 3.05) is 6.61 Å². The topological polar surface area (TPSA) is 20.2 Å². The molecule has 0 aromatic heterocycles. The first-order chi connectivity index (χ1) is 2.56. The molecular formula is C5H13KO. The maximum Gasteiger partial charge on any atom is 1.00 e. The van der Waals surface area contributed by atoms with Gasteiger partial charge in [0.1, 0.15) is 0 Å². The molecule has 2 heteroatoms. The van der Waals surface area contributed by atoms with Crippen LogP contribution in [0.15, 0.2) is 0 Å². The summed E-state index contributed by atoms with van der Waals surface area (Å²) in [5.41, 5.74) is 0.0972. The van der Waals surface area contributed by atoms with Crippen molar-refractivity contribution in [1.82, 2.24) is 0 Å². The Morgan fingerprint density at radius 3 is 1.57 bits per heavy atom. The Hall–Kier alpha value is 1.60. The van der Waals surface area contributed by atoms with Crippen LogP contribution < -0.4 is 51.4 Å². The maximum atomic E-state index is 8.40. The fourth-order valence-corrected chi connectivity index (χ4v) is 0. The molecule has 1 nitrogen and oxygen atoms in total. The van der Waals surface area contributed by atoms with Crippen LogP contribution in [0, 0.1) is 5.41 Å². The van der Waals surface area contributed by atoms with Crippen molar-refractivity contribution in [3.8, 4) is 0 Å². The zero-order valence-electron chi connectivity index (χ0n) is 6.65. The second-order valence-electron chi connectivity index (χ2n) is 2.72. The summed E-state index contributed by atoms with van der Waals surface area (Å²) in [4.78, 5) is 0. The van der Waals surface area contributed by atoms with Gasteiger partial charge >= 0.3 is 51.4 Å². The summed E-state index contributed by atoms with van der Waals surface area (Å²) in [6.07, 6.45) is 0. The molecule has 0 aromatic carbocycles. The Kier molecular flexibility index (Phi) is 7.28. The minimum Gasteiger partial charge on any atom is -1.00 e. The Morgan fingerprint density at radius 1 is 1.43 bits per heavy atom. The summed E-state index contributed by atoms with van der Waals surface area (Å²) < 4.78 is 0. The van der Waals surface area contributed by atoms with E-state index in [1.165, 1.54) is 0 Å². The second kappa shape index (κ2) is 4.47. The molecule has 0 fully saturated rings. The van der Waals surface area contributed by atoms with E-state index in [1.807, 2.05) is 20.8 Å². The van der Waals surface area contributed by atoms with Gasteiger partial charge in [-0.05, 0) is 5.41 Å². The van der Waals surface area contributed by atoms with Gasteiger partial charge in [-0.1, -0.05) is 20.8 Å². The fourth-order valence-electron chi connectivity index (χ4n) is 0. The first-order valence-corrected chi connectivity index (χ1v) is 2.17. The smallest absolute Gasteiger partial charge is 1.00 e. The number of rotatable bonds is 0. The molecule has 0 aliphatic rings. The van der Waals surface area contributed by atoms with E-state index >= 15 is 0 Å². The molecule has 0 rings (SSSR count). The van der Waals surface area contributed by atoms with Crippen LogP contribution in [0.25, 0.3) is 0 Å². The summed E-state index contributed by atoms with van der Waals surface area (Å²) in [6, 6.07) is 0. The quantitative estimate of drug-likeness (QED) is 0.379. The predicted octanol–water partition coefficient (Wildman–Crippen LogP) is -1.86. The summed E-state index contributed by atoms with van der Waals surface area (Å²) in [6.45, 7) is 6.25. The predicted molar refractivity (Wildman–Crippen MR) is 27.7 cm³/mol. The Morgan fingerprint density at radius 2 is 1.57 bits per heavy atom. The van der Waals surface area contributed by atoms with Gasteiger partial charge in [0.15, 0.2) is 0 Å². The molecule has 1 N–H and O–H groups in total. The Labute approximate surface area is 89.4 Å². The molecule has 0 aliphatic heterocycles. The van der Waals surface area contributed by atoms with Crippen molar-refractivity contribution in [3.05, 3.63) is 0 Å². The van der Waals surface area contributed by atoms with Crippen LogP contribution in [0.1, 0.15) is 22.2 Å². The van der Waals surface area contributed by atoms with Crippen molar-refractivity contribution < 1.29 is 57.9 Å². The number of aliphatic hydroxyl groups is 1. The average molecular weight is 128 g/mol. The SMILES string of the molecule is CC(C)(C)CO.[H-].[K+]. The second-order valence-corrected chi connectivity index (χ2v) is 2.72. The van der Waals surface area contributed by atoms with Crippen LogP contribution in [0.4, 0.5) is 0 Å². The molecule has 0 saturated heterocycles. The van der Waals surface area contributed by atoms with E-state index in [4.69, 9.17) is 5.11 Å². The third-order valence-corrected chi connectivity index (χ3v) is 0.474. The number of hydrogen-bond donors (Lipinski definition) is 1. The Balaban J connectivity index is -0.000000125. The van der Waals surface area contributed by atoms with Crippen molar-refractivity contribution in [2.24, 2.45) is 5.41 Å². The van der Waals surface area contributed by atoms with E-state index < -0.39 is 0 Å². The summed E-state index contributed by atoms with van der Waals surface area (Å²) >= 11 is 0. The van der Waals surface area contributed by atoms with Crippen LogP contribution in [0.2, 0.25) is 0 Å². The van der Waals surface area contributed by atoms with E-state index in [9.17, 15) is 0 Å². The first-order valence-electron chi connectivity index (χ1n) is 2.17. The van der Waals surface area contributed by atoms with Crippen LogP contribution >= 0.6 is 0 Å². The molecule has 40 valence electrons. The summed E-state index contributed by atoms with van der Waals surface area (Å²) in [5, 5.41) is 8.40. The minimum absolute atomic E-state index is 0. The van der Waals surface area contributed by atoms with Gasteiger partial charge in [0, 0.05) is 6.61 Å². The molecule has 0 aromatic rings. The van der Waals surface area contributed by atoms with Crippen LogP contribution in [-0.2, 0) is 0 Å². The van der Waals surface area contributed by atoms with Gasteiger partial charge in [0.05, 0.1) is 0 Å². The van der Waals surface area contributed by atoms with Gasteiger partial charge in [-0.2, -0.15) is 0 Å². The van der Waals surface area contributed by atoms with E-state index in [-0.39, 0.29) is 64.8 Å². The van der Waals surface area contributed by atoms with E-state index in [0.717, 1.165) is 0 Å². The van der Waals surface area contributed by atoms with Gasteiger partial charge in [-0.25, -0.2) is 0 Å². The molecule has 0 bridgehead atoms. The molecule has 0 unspecified atom stereocenters. The molecule has 0 radical (unpaired) electrons. The molecule has 0 aliphatic carbocycles. The molecule has 0 spiro atoms. The summed E-state index contributed by atoms with van der Waals surface area (Å²) in [5.74, 6) is 0. The number of hydrogen-bond acceptors (Lipinski definition) is 1. The maximum absolute atomic E-state index is 8.40. The third-order valence-electron chi connectivity index (χ3n) is 0.474. The van der Waals surface area contributed by atoms with Crippen LogP contribution in [0.3, 0.4) is 0 Å². The zero-order chi connectivity index (χ0) is 5.21. The standard InChI is InChI=1S/C5H12O.K.H/c1-5(2,3)4-6;;/h6H,4H2,1-3H3;;/q;+1;-1. The van der Waals surface area contributed by atoms with E-state index in [1.54, 1.807) is 0 Å². The van der Waals surface area contributed by atoms with Gasteiger partial charge in [-0.15, -0.1) is 0 Å². The van der Waals surface area contributed by atoms with Gasteiger partial charge in [0.2, 0.25) is 0 Å². The van der Waals surface area contributed by atoms with E-state index in [2.05, 4.69) is 0 Å². The molecular weight excluding hydrogens is 115 g/mol. The number of aliphatic hydroxyl groups excluding tert-OH is 1. The van der Waals surface area contributed by atoms with Crippen molar-refractivity contribution >= 4 is 0 Å². The van der Waals surface area contributed by atoms with Crippen LogP contribution in [0.5, 0.6) is 0 Å². The molecule has 0 saturated carbocycles. The largest absolute Gasteiger partial charge is 1.00 e. The normalized spacial score (nSPS) is 10.3. The molecule has 0 heterocycles. The fraction of sp³-hybridized carbons (Fsp3) is 1.00. The van der Waals surface area contributed by atoms with Crippen molar-refractivity contribution in [2.45, 2.75) is 20.8 Å². The first kappa shape index (κ1) is 11.4. The van der Waals surface area contributed by atoms with Gasteiger partial charge < -0.3 is 6.53 Å².